The number of fused-ring (bicyclic) bond motifs is 1. The maximum Gasteiger partial charge on any atom is 0.320 e. The Morgan fingerprint density at radius 1 is 1.15 bits per heavy atom. The van der Waals surface area contributed by atoms with Gasteiger partial charge in [-0.25, -0.2) is 0 Å². The van der Waals surface area contributed by atoms with Crippen molar-refractivity contribution in [2.75, 3.05) is 61.9 Å². The van der Waals surface area contributed by atoms with Crippen LogP contribution in [0.15, 0.2) is 0 Å². The van der Waals surface area contributed by atoms with E-state index in [1.54, 1.807) is 0 Å². The van der Waals surface area contributed by atoms with Gasteiger partial charge in [0, 0.05) is 32.7 Å². The van der Waals surface area contributed by atoms with Gasteiger partial charge in [-0.3, -0.25) is 0 Å². The average molecular weight is 378 g/mol. The second kappa shape index (κ2) is 9.94. The Labute approximate surface area is 162 Å². The van der Waals surface area contributed by atoms with Crippen molar-refractivity contribution >= 4 is 17.3 Å². The van der Waals surface area contributed by atoms with Gasteiger partial charge in [0.1, 0.15) is 5.69 Å². The van der Waals surface area contributed by atoms with Crippen LogP contribution in [-0.2, 0) is 0 Å². The molecule has 3 heterocycles. The topological polar surface area (TPSA) is 91.6 Å². The summed E-state index contributed by atoms with van der Waals surface area (Å²) >= 11 is 0. The van der Waals surface area contributed by atoms with Gasteiger partial charge in [-0.1, -0.05) is 19.8 Å². The second-order valence-corrected chi connectivity index (χ2v) is 7.56. The highest BCUT2D eigenvalue weighted by Gasteiger charge is 2.25. The number of aromatic nitrogens is 2. The van der Waals surface area contributed by atoms with E-state index in [1.807, 2.05) is 6.92 Å². The number of anilines is 3. The highest BCUT2D eigenvalue weighted by atomic mass is 16.5. The summed E-state index contributed by atoms with van der Waals surface area (Å²) in [6.07, 6.45) is 5.79. The smallest absolute Gasteiger partial charge is 0.320 e. The Morgan fingerprint density at radius 2 is 1.93 bits per heavy atom. The molecule has 0 unspecified atom stereocenters. The minimum Gasteiger partial charge on any atom is -0.460 e. The van der Waals surface area contributed by atoms with Crippen molar-refractivity contribution in [3.05, 3.63) is 0 Å². The summed E-state index contributed by atoms with van der Waals surface area (Å²) in [7, 11) is 0. The molecule has 2 aliphatic rings. The van der Waals surface area contributed by atoms with Crippen molar-refractivity contribution < 1.29 is 4.74 Å². The fourth-order valence-electron chi connectivity index (χ4n) is 3.73. The molecule has 2 aliphatic heterocycles. The Bertz CT molecular complexity index is 592. The maximum atomic E-state index is 6.11. The second-order valence-electron chi connectivity index (χ2n) is 7.56. The first kappa shape index (κ1) is 19.9. The Balaban J connectivity index is 1.47. The summed E-state index contributed by atoms with van der Waals surface area (Å²) in [4.78, 5) is 13.7. The van der Waals surface area contributed by atoms with E-state index in [1.165, 1.54) is 32.5 Å². The van der Waals surface area contributed by atoms with E-state index in [0.717, 1.165) is 57.1 Å². The number of hydrogen-bond donors (Lipinski definition) is 3. The number of nitrogens with one attached hydrogen (secondary N) is 2. The van der Waals surface area contributed by atoms with E-state index in [2.05, 4.69) is 37.3 Å². The molecular formula is C19H35N7O. The number of nitrogens with zero attached hydrogens (tertiary/aromatic N) is 4. The molecule has 3 rings (SSSR count). The molecule has 1 aromatic rings. The molecule has 0 amide bonds. The molecule has 0 radical (unpaired) electrons. The van der Waals surface area contributed by atoms with Gasteiger partial charge in [0.15, 0.2) is 11.6 Å². The number of nitrogens with two attached hydrogens (primary N) is 1. The van der Waals surface area contributed by atoms with E-state index < -0.39 is 0 Å². The molecule has 0 aromatic carbocycles. The maximum absolute atomic E-state index is 6.11. The van der Waals surface area contributed by atoms with Gasteiger partial charge in [-0.15, -0.1) is 0 Å². The normalized spacial score (nSPS) is 18.2. The summed E-state index contributed by atoms with van der Waals surface area (Å²) in [6, 6.07) is 0.389. The van der Waals surface area contributed by atoms with E-state index in [-0.39, 0.29) is 6.10 Å². The molecule has 1 atom stereocenters. The van der Waals surface area contributed by atoms with Gasteiger partial charge in [-0.2, -0.15) is 9.97 Å². The molecule has 0 saturated carbocycles. The highest BCUT2D eigenvalue weighted by Crippen LogP contribution is 2.35. The lowest BCUT2D eigenvalue weighted by atomic mass is 10.2. The quantitative estimate of drug-likeness (QED) is 0.533. The van der Waals surface area contributed by atoms with E-state index in [4.69, 9.17) is 10.5 Å². The number of hydrogen-bond acceptors (Lipinski definition) is 8. The van der Waals surface area contributed by atoms with E-state index >= 15 is 0 Å². The first-order valence-corrected chi connectivity index (χ1v) is 10.4. The SMILES string of the molecule is CCC[C@H](C)Oc1nc(N)c2c(n1)N(CCCCCN1CCNCC1)CN2. The molecule has 8 heteroatoms. The third-order valence-electron chi connectivity index (χ3n) is 5.26. The molecule has 8 nitrogen and oxygen atoms in total. The zero-order valence-electron chi connectivity index (χ0n) is 16.8. The number of ether oxygens (including phenoxy) is 1. The van der Waals surface area contributed by atoms with Crippen LogP contribution in [0.4, 0.5) is 17.3 Å². The van der Waals surface area contributed by atoms with E-state index in [0.29, 0.717) is 11.8 Å². The van der Waals surface area contributed by atoms with Crippen molar-refractivity contribution in [2.24, 2.45) is 0 Å². The van der Waals surface area contributed by atoms with Crippen molar-refractivity contribution in [3.63, 3.8) is 0 Å². The summed E-state index contributed by atoms with van der Waals surface area (Å²) in [5, 5.41) is 6.72. The predicted molar refractivity (Wildman–Crippen MR) is 110 cm³/mol. The third-order valence-corrected chi connectivity index (χ3v) is 5.26. The Hall–Kier alpha value is -1.80. The summed E-state index contributed by atoms with van der Waals surface area (Å²) in [6.45, 7) is 11.7. The van der Waals surface area contributed by atoms with Crippen LogP contribution in [0.1, 0.15) is 46.0 Å². The van der Waals surface area contributed by atoms with Gasteiger partial charge in [0.05, 0.1) is 12.8 Å². The molecule has 0 spiro atoms. The molecule has 1 aromatic heterocycles. The van der Waals surface area contributed by atoms with Gasteiger partial charge >= 0.3 is 6.01 Å². The van der Waals surface area contributed by atoms with Crippen LogP contribution in [0.25, 0.3) is 0 Å². The number of rotatable bonds is 10. The highest BCUT2D eigenvalue weighted by molar-refractivity contribution is 5.80. The van der Waals surface area contributed by atoms with Crippen molar-refractivity contribution in [1.29, 1.82) is 0 Å². The zero-order valence-corrected chi connectivity index (χ0v) is 16.8. The fraction of sp³-hybridized carbons (Fsp3) is 0.789. The first-order valence-electron chi connectivity index (χ1n) is 10.4. The number of nitrogen functional groups attached to an aromatic ring is 1. The number of piperazine rings is 1. The fourth-order valence-corrected chi connectivity index (χ4v) is 3.73. The molecule has 0 aliphatic carbocycles. The summed E-state index contributed by atoms with van der Waals surface area (Å²) in [5.74, 6) is 1.35. The summed E-state index contributed by atoms with van der Waals surface area (Å²) in [5.41, 5.74) is 6.95. The van der Waals surface area contributed by atoms with Crippen LogP contribution in [0.3, 0.4) is 0 Å². The first-order chi connectivity index (χ1) is 13.2. The lowest BCUT2D eigenvalue weighted by Crippen LogP contribution is -2.43. The molecule has 0 bridgehead atoms. The lowest BCUT2D eigenvalue weighted by molar-refractivity contribution is 0.193. The average Bonchev–Trinajstić information content (AvgIpc) is 3.06. The van der Waals surface area contributed by atoms with Crippen LogP contribution < -0.4 is 26.0 Å². The van der Waals surface area contributed by atoms with Crippen LogP contribution in [0.2, 0.25) is 0 Å². The standard InChI is InChI=1S/C19H35N7O/c1-3-7-15(2)27-19-23-17(20)16-18(24-19)26(14-22-16)11-6-4-5-10-25-12-8-21-9-13-25/h15,21-22H,3-14H2,1-2H3,(H2,20,23,24)/t15-/m0/s1. The molecule has 1 saturated heterocycles. The zero-order chi connectivity index (χ0) is 19.1. The van der Waals surface area contributed by atoms with E-state index in [9.17, 15) is 0 Å². The molecular weight excluding hydrogens is 342 g/mol. The van der Waals surface area contributed by atoms with Crippen LogP contribution in [0, 0.1) is 0 Å². The Kier molecular flexibility index (Phi) is 7.34. The van der Waals surface area contributed by atoms with Gasteiger partial charge in [0.2, 0.25) is 0 Å². The molecule has 152 valence electrons. The number of unbranched alkanes of at least 4 members (excludes halogenated alkanes) is 2. The summed E-state index contributed by atoms with van der Waals surface area (Å²) < 4.78 is 5.85. The third kappa shape index (κ3) is 5.59. The lowest BCUT2D eigenvalue weighted by Gasteiger charge is -2.27. The molecule has 1 fully saturated rings. The van der Waals surface area contributed by atoms with Crippen molar-refractivity contribution in [1.82, 2.24) is 20.2 Å². The predicted octanol–water partition coefficient (Wildman–Crippen LogP) is 1.89. The minimum atomic E-state index is 0.0975. The Morgan fingerprint density at radius 3 is 2.70 bits per heavy atom. The van der Waals surface area contributed by atoms with Crippen LogP contribution >= 0.6 is 0 Å². The van der Waals surface area contributed by atoms with Gasteiger partial charge < -0.3 is 30.9 Å². The van der Waals surface area contributed by atoms with Crippen molar-refractivity contribution in [2.45, 2.75) is 52.1 Å². The van der Waals surface area contributed by atoms with Crippen LogP contribution in [-0.4, -0.2) is 66.9 Å². The van der Waals surface area contributed by atoms with Crippen molar-refractivity contribution in [3.8, 4) is 6.01 Å². The van der Waals surface area contributed by atoms with Gasteiger partial charge in [-0.05, 0) is 32.7 Å². The largest absolute Gasteiger partial charge is 0.460 e. The molecule has 27 heavy (non-hydrogen) atoms. The van der Waals surface area contributed by atoms with Gasteiger partial charge in [0.25, 0.3) is 0 Å². The van der Waals surface area contributed by atoms with Crippen LogP contribution in [0.5, 0.6) is 6.01 Å². The minimum absolute atomic E-state index is 0.0975. The monoisotopic (exact) mass is 377 g/mol. The molecule has 4 N–H and O–H groups in total.